The summed E-state index contributed by atoms with van der Waals surface area (Å²) in [6.07, 6.45) is 2.69. The van der Waals surface area contributed by atoms with Gasteiger partial charge in [-0.2, -0.15) is 0 Å². The molecule has 0 aromatic carbocycles. The minimum atomic E-state index is 0.109. The second-order valence-electron chi connectivity index (χ2n) is 1.24. The van der Waals surface area contributed by atoms with E-state index in [1.807, 2.05) is 6.92 Å². The van der Waals surface area contributed by atoms with Crippen LogP contribution in [-0.2, 0) is 0 Å². The van der Waals surface area contributed by atoms with Gasteiger partial charge in [0.15, 0.2) is 0 Å². The Bertz CT molecular complexity index is 59.1. The van der Waals surface area contributed by atoms with Crippen LogP contribution >= 0.6 is 23.2 Å². The normalized spacial score (nSPS) is 15.3. The fourth-order valence-electron chi connectivity index (χ4n) is 0.215. The summed E-state index contributed by atoms with van der Waals surface area (Å²) in [6.45, 7) is 2.01. The molecule has 0 aromatic rings. The topological polar surface area (TPSA) is 0 Å². The van der Waals surface area contributed by atoms with Gasteiger partial charge in [0.25, 0.3) is 0 Å². The van der Waals surface area contributed by atoms with Crippen molar-refractivity contribution in [2.24, 2.45) is 0 Å². The van der Waals surface area contributed by atoms with Gasteiger partial charge in [-0.25, -0.2) is 0 Å². The molecular formula is C5H8Cl2. The lowest BCUT2D eigenvalue weighted by Crippen LogP contribution is -1.85. The van der Waals surface area contributed by atoms with Crippen molar-refractivity contribution >= 4 is 23.2 Å². The Morgan fingerprint density at radius 1 is 1.71 bits per heavy atom. The summed E-state index contributed by atoms with van der Waals surface area (Å²) in [5, 5.41) is 0.109. The summed E-state index contributed by atoms with van der Waals surface area (Å²) in [5.41, 5.74) is 1.45. The number of halogens is 2. The Morgan fingerprint density at radius 2 is 2.29 bits per heavy atom. The molecule has 2 heteroatoms. The summed E-state index contributed by atoms with van der Waals surface area (Å²) in [7, 11) is 0. The lowest BCUT2D eigenvalue weighted by Gasteiger charge is -1.92. The zero-order chi connectivity index (χ0) is 5.70. The Hall–Kier alpha value is 0.320. The summed E-state index contributed by atoms with van der Waals surface area (Å²) in [4.78, 5) is 0. The molecule has 0 N–H and O–H groups in total. The second kappa shape index (κ2) is 4.48. The zero-order valence-electron chi connectivity index (χ0n) is 4.20. The SMILES string of the molecule is CCC(Cl)/C=C/Cl. The number of hydrogen-bond acceptors (Lipinski definition) is 0. The van der Waals surface area contributed by atoms with Crippen LogP contribution in [0.5, 0.6) is 0 Å². The highest BCUT2D eigenvalue weighted by atomic mass is 35.5. The molecule has 0 spiro atoms. The third kappa shape index (κ3) is 4.17. The van der Waals surface area contributed by atoms with Crippen LogP contribution in [0.2, 0.25) is 0 Å². The molecule has 0 aliphatic heterocycles. The van der Waals surface area contributed by atoms with Gasteiger partial charge in [0.05, 0.1) is 5.38 Å². The average molecular weight is 139 g/mol. The predicted molar refractivity (Wildman–Crippen MR) is 34.9 cm³/mol. The fourth-order valence-corrected chi connectivity index (χ4v) is 0.538. The van der Waals surface area contributed by atoms with Crippen LogP contribution in [-0.4, -0.2) is 5.38 Å². The van der Waals surface area contributed by atoms with E-state index >= 15 is 0 Å². The maximum absolute atomic E-state index is 5.59. The van der Waals surface area contributed by atoms with Gasteiger partial charge in [0.1, 0.15) is 0 Å². The standard InChI is InChI=1S/C5H8Cl2/c1-2-5(7)3-4-6/h3-5H,2H2,1H3/b4-3+. The molecule has 0 heterocycles. The van der Waals surface area contributed by atoms with E-state index in [4.69, 9.17) is 23.2 Å². The van der Waals surface area contributed by atoms with Crippen molar-refractivity contribution in [2.75, 3.05) is 0 Å². The molecule has 1 unspecified atom stereocenters. The zero-order valence-corrected chi connectivity index (χ0v) is 5.71. The third-order valence-corrected chi connectivity index (χ3v) is 1.27. The maximum atomic E-state index is 5.59. The number of allylic oxidation sites excluding steroid dienone is 1. The van der Waals surface area contributed by atoms with Gasteiger partial charge in [-0.1, -0.05) is 24.6 Å². The fraction of sp³-hybridized carbons (Fsp3) is 0.600. The lowest BCUT2D eigenvalue weighted by molar-refractivity contribution is 0.968. The van der Waals surface area contributed by atoms with E-state index in [-0.39, 0.29) is 5.38 Å². The first kappa shape index (κ1) is 7.32. The first-order valence-corrected chi connectivity index (χ1v) is 3.09. The molecule has 0 aliphatic rings. The van der Waals surface area contributed by atoms with E-state index in [2.05, 4.69) is 0 Å². The first-order valence-electron chi connectivity index (χ1n) is 2.22. The molecule has 0 nitrogen and oxygen atoms in total. The molecule has 0 saturated carbocycles. The summed E-state index contributed by atoms with van der Waals surface area (Å²) >= 11 is 10.8. The highest BCUT2D eigenvalue weighted by Gasteiger charge is 1.89. The molecule has 0 rings (SSSR count). The van der Waals surface area contributed by atoms with Gasteiger partial charge >= 0.3 is 0 Å². The smallest absolute Gasteiger partial charge is 0.0524 e. The van der Waals surface area contributed by atoms with Gasteiger partial charge in [-0.15, -0.1) is 11.6 Å². The van der Waals surface area contributed by atoms with Crippen LogP contribution in [0.1, 0.15) is 13.3 Å². The quantitative estimate of drug-likeness (QED) is 0.516. The van der Waals surface area contributed by atoms with E-state index in [0.717, 1.165) is 6.42 Å². The Kier molecular flexibility index (Phi) is 4.68. The van der Waals surface area contributed by atoms with Crippen LogP contribution in [0.3, 0.4) is 0 Å². The molecular weight excluding hydrogens is 131 g/mol. The molecule has 0 saturated heterocycles. The maximum Gasteiger partial charge on any atom is 0.0524 e. The Morgan fingerprint density at radius 3 is 2.43 bits per heavy atom. The van der Waals surface area contributed by atoms with E-state index in [1.54, 1.807) is 6.08 Å². The number of rotatable bonds is 2. The van der Waals surface area contributed by atoms with Gasteiger partial charge < -0.3 is 0 Å². The summed E-state index contributed by atoms with van der Waals surface area (Å²) in [5.74, 6) is 0. The molecule has 0 radical (unpaired) electrons. The van der Waals surface area contributed by atoms with Gasteiger partial charge in [0, 0.05) is 5.54 Å². The van der Waals surface area contributed by atoms with Crippen molar-refractivity contribution in [3.05, 3.63) is 11.6 Å². The van der Waals surface area contributed by atoms with Crippen LogP contribution in [0, 0.1) is 0 Å². The van der Waals surface area contributed by atoms with Crippen molar-refractivity contribution in [1.29, 1.82) is 0 Å². The third-order valence-electron chi connectivity index (χ3n) is 0.672. The largest absolute Gasteiger partial charge is 0.118 e. The molecule has 1 atom stereocenters. The van der Waals surface area contributed by atoms with Crippen LogP contribution in [0.15, 0.2) is 11.6 Å². The van der Waals surface area contributed by atoms with E-state index in [1.165, 1.54) is 5.54 Å². The van der Waals surface area contributed by atoms with Gasteiger partial charge in [-0.05, 0) is 6.42 Å². The first-order chi connectivity index (χ1) is 3.31. The van der Waals surface area contributed by atoms with Crippen molar-refractivity contribution in [3.63, 3.8) is 0 Å². The highest BCUT2D eigenvalue weighted by molar-refractivity contribution is 6.27. The molecule has 0 amide bonds. The second-order valence-corrected chi connectivity index (χ2v) is 2.06. The molecule has 7 heavy (non-hydrogen) atoms. The molecule has 0 aliphatic carbocycles. The summed E-state index contributed by atoms with van der Waals surface area (Å²) < 4.78 is 0. The van der Waals surface area contributed by atoms with Crippen LogP contribution < -0.4 is 0 Å². The predicted octanol–water partition coefficient (Wildman–Crippen LogP) is 2.76. The van der Waals surface area contributed by atoms with Crippen molar-refractivity contribution in [2.45, 2.75) is 18.7 Å². The molecule has 42 valence electrons. The minimum Gasteiger partial charge on any atom is -0.118 e. The minimum absolute atomic E-state index is 0.109. The van der Waals surface area contributed by atoms with E-state index in [0.29, 0.717) is 0 Å². The van der Waals surface area contributed by atoms with Crippen LogP contribution in [0.4, 0.5) is 0 Å². The van der Waals surface area contributed by atoms with Crippen molar-refractivity contribution < 1.29 is 0 Å². The summed E-state index contributed by atoms with van der Waals surface area (Å²) in [6, 6.07) is 0. The van der Waals surface area contributed by atoms with Crippen molar-refractivity contribution in [3.8, 4) is 0 Å². The van der Waals surface area contributed by atoms with Crippen molar-refractivity contribution in [1.82, 2.24) is 0 Å². The molecule has 0 aromatic heterocycles. The van der Waals surface area contributed by atoms with Gasteiger partial charge in [0.2, 0.25) is 0 Å². The Balaban J connectivity index is 3.16. The molecule has 0 fully saturated rings. The molecule has 0 bridgehead atoms. The van der Waals surface area contributed by atoms with Gasteiger partial charge in [-0.3, -0.25) is 0 Å². The van der Waals surface area contributed by atoms with E-state index in [9.17, 15) is 0 Å². The monoisotopic (exact) mass is 138 g/mol. The highest BCUT2D eigenvalue weighted by Crippen LogP contribution is 2.02. The number of hydrogen-bond donors (Lipinski definition) is 0. The lowest BCUT2D eigenvalue weighted by atomic mass is 10.3. The van der Waals surface area contributed by atoms with Crippen LogP contribution in [0.25, 0.3) is 0 Å². The number of alkyl halides is 1. The Labute approximate surface area is 54.1 Å². The average Bonchev–Trinajstić information content (AvgIpc) is 1.68. The van der Waals surface area contributed by atoms with E-state index < -0.39 is 0 Å².